The van der Waals surface area contributed by atoms with Crippen LogP contribution in [0.4, 0.5) is 5.13 Å². The van der Waals surface area contributed by atoms with Crippen LogP contribution in [0, 0.1) is 3.95 Å². The molecule has 0 amide bonds. The molecule has 6 heteroatoms. The minimum absolute atomic E-state index is 0.197. The number of nitrogens with zero attached hydrogens (tertiary/aromatic N) is 1. The molecular formula is C7H13N3OS2. The Hall–Kier alpha value is -0.460. The van der Waals surface area contributed by atoms with Crippen molar-refractivity contribution in [2.75, 3.05) is 18.5 Å². The van der Waals surface area contributed by atoms with Crippen molar-refractivity contribution in [2.24, 2.45) is 0 Å². The number of ether oxygens (including phenoxy) is 1. The number of anilines is 1. The molecule has 0 spiro atoms. The average Bonchev–Trinajstić information content (AvgIpc) is 2.49. The van der Waals surface area contributed by atoms with E-state index in [0.717, 1.165) is 18.3 Å². The fourth-order valence-corrected chi connectivity index (χ4v) is 1.68. The molecule has 0 aliphatic carbocycles. The van der Waals surface area contributed by atoms with Crippen molar-refractivity contribution >= 4 is 28.7 Å². The Balaban J connectivity index is 2.30. The molecule has 1 aromatic heterocycles. The van der Waals surface area contributed by atoms with Gasteiger partial charge in [-0.2, -0.15) is 0 Å². The number of hydrogen-bond donors (Lipinski definition) is 2. The van der Waals surface area contributed by atoms with Gasteiger partial charge in [0, 0.05) is 13.2 Å². The molecule has 0 aliphatic heterocycles. The lowest BCUT2D eigenvalue weighted by Gasteiger charge is -2.10. The molecule has 74 valence electrons. The highest BCUT2D eigenvalue weighted by molar-refractivity contribution is 7.73. The zero-order valence-electron chi connectivity index (χ0n) is 7.66. The molecule has 1 heterocycles. The second-order valence-corrected chi connectivity index (χ2v) is 4.23. The largest absolute Gasteiger partial charge is 0.377 e. The molecule has 1 unspecified atom stereocenters. The van der Waals surface area contributed by atoms with E-state index in [1.807, 2.05) is 13.8 Å². The first-order chi connectivity index (χ1) is 6.22. The van der Waals surface area contributed by atoms with Gasteiger partial charge in [-0.25, -0.2) is 0 Å². The van der Waals surface area contributed by atoms with E-state index in [1.54, 1.807) is 0 Å². The summed E-state index contributed by atoms with van der Waals surface area (Å²) in [5.74, 6) is 0. The predicted molar refractivity (Wildman–Crippen MR) is 56.9 cm³/mol. The maximum absolute atomic E-state index is 5.35. The Morgan fingerprint density at radius 2 is 2.54 bits per heavy atom. The van der Waals surface area contributed by atoms with Crippen LogP contribution in [0.5, 0.6) is 0 Å². The van der Waals surface area contributed by atoms with Gasteiger partial charge in [0.25, 0.3) is 0 Å². The van der Waals surface area contributed by atoms with Crippen LogP contribution >= 0.6 is 23.6 Å². The molecule has 0 radical (unpaired) electrons. The first kappa shape index (κ1) is 10.6. The summed E-state index contributed by atoms with van der Waals surface area (Å²) in [7, 11) is 0. The Bertz CT molecular complexity index is 296. The third kappa shape index (κ3) is 3.84. The molecule has 1 rings (SSSR count). The van der Waals surface area contributed by atoms with Crippen molar-refractivity contribution in [2.45, 2.75) is 20.0 Å². The van der Waals surface area contributed by atoms with Crippen LogP contribution in [0.3, 0.4) is 0 Å². The normalized spacial score (nSPS) is 12.8. The zero-order valence-corrected chi connectivity index (χ0v) is 9.30. The van der Waals surface area contributed by atoms with Crippen LogP contribution in [0.2, 0.25) is 0 Å². The Labute approximate surface area is 86.3 Å². The minimum Gasteiger partial charge on any atom is -0.377 e. The van der Waals surface area contributed by atoms with Crippen molar-refractivity contribution in [3.8, 4) is 0 Å². The first-order valence-electron chi connectivity index (χ1n) is 4.13. The van der Waals surface area contributed by atoms with Gasteiger partial charge in [-0.15, -0.1) is 5.10 Å². The van der Waals surface area contributed by atoms with E-state index in [2.05, 4.69) is 15.5 Å². The van der Waals surface area contributed by atoms with Crippen molar-refractivity contribution in [3.05, 3.63) is 3.95 Å². The van der Waals surface area contributed by atoms with Gasteiger partial charge in [0.15, 0.2) is 3.95 Å². The molecule has 0 saturated carbocycles. The molecule has 1 atom stereocenters. The standard InChI is InChI=1S/C7H13N3OS2/c1-3-11-5(2)4-8-6-9-10-7(12)13-6/h5H,3-4H2,1-2H3,(H,8,9)(H,10,12). The second kappa shape index (κ2) is 5.31. The van der Waals surface area contributed by atoms with Crippen molar-refractivity contribution in [1.29, 1.82) is 0 Å². The van der Waals surface area contributed by atoms with Gasteiger partial charge in [-0.3, -0.25) is 5.10 Å². The molecule has 0 saturated heterocycles. The summed E-state index contributed by atoms with van der Waals surface area (Å²) in [6.07, 6.45) is 0.197. The summed E-state index contributed by atoms with van der Waals surface area (Å²) >= 11 is 6.32. The second-order valence-electron chi connectivity index (χ2n) is 2.57. The van der Waals surface area contributed by atoms with Gasteiger partial charge < -0.3 is 10.1 Å². The number of hydrogen-bond acceptors (Lipinski definition) is 5. The van der Waals surface area contributed by atoms with Gasteiger partial charge in [-0.1, -0.05) is 11.3 Å². The summed E-state index contributed by atoms with van der Waals surface area (Å²) < 4.78 is 6.04. The van der Waals surface area contributed by atoms with Crippen LogP contribution in [0.15, 0.2) is 0 Å². The van der Waals surface area contributed by atoms with E-state index in [9.17, 15) is 0 Å². The topological polar surface area (TPSA) is 49.9 Å². The van der Waals surface area contributed by atoms with Crippen LogP contribution < -0.4 is 5.32 Å². The van der Waals surface area contributed by atoms with Gasteiger partial charge in [0.1, 0.15) is 0 Å². The highest BCUT2D eigenvalue weighted by atomic mass is 32.1. The smallest absolute Gasteiger partial charge is 0.204 e. The van der Waals surface area contributed by atoms with Crippen molar-refractivity contribution in [1.82, 2.24) is 10.2 Å². The molecule has 0 fully saturated rings. The molecule has 0 aromatic carbocycles. The summed E-state index contributed by atoms with van der Waals surface area (Å²) in [6, 6.07) is 0. The summed E-state index contributed by atoms with van der Waals surface area (Å²) in [5, 5.41) is 10.6. The molecular weight excluding hydrogens is 206 g/mol. The van der Waals surface area contributed by atoms with E-state index in [0.29, 0.717) is 3.95 Å². The maximum atomic E-state index is 5.35. The van der Waals surface area contributed by atoms with Gasteiger partial charge in [0.2, 0.25) is 5.13 Å². The Morgan fingerprint density at radius 1 is 1.77 bits per heavy atom. The first-order valence-corrected chi connectivity index (χ1v) is 5.35. The highest BCUT2D eigenvalue weighted by Crippen LogP contribution is 2.10. The van der Waals surface area contributed by atoms with Crippen LogP contribution in [0.25, 0.3) is 0 Å². The lowest BCUT2D eigenvalue weighted by Crippen LogP contribution is -2.19. The van der Waals surface area contributed by atoms with Gasteiger partial charge >= 0.3 is 0 Å². The predicted octanol–water partition coefficient (Wildman–Crippen LogP) is 2.04. The number of H-pyrrole nitrogens is 1. The van der Waals surface area contributed by atoms with Gasteiger partial charge in [-0.05, 0) is 26.1 Å². The summed E-state index contributed by atoms with van der Waals surface area (Å²) in [4.78, 5) is 0. The summed E-state index contributed by atoms with van der Waals surface area (Å²) in [6.45, 7) is 5.49. The van der Waals surface area contributed by atoms with E-state index < -0.39 is 0 Å². The molecule has 2 N–H and O–H groups in total. The Morgan fingerprint density at radius 3 is 3.08 bits per heavy atom. The molecule has 0 bridgehead atoms. The monoisotopic (exact) mass is 219 g/mol. The van der Waals surface area contributed by atoms with Crippen molar-refractivity contribution < 1.29 is 4.74 Å². The fourth-order valence-electron chi connectivity index (χ4n) is 0.880. The van der Waals surface area contributed by atoms with E-state index in [1.165, 1.54) is 11.3 Å². The van der Waals surface area contributed by atoms with Crippen LogP contribution in [0.1, 0.15) is 13.8 Å². The lowest BCUT2D eigenvalue weighted by molar-refractivity contribution is 0.0855. The summed E-state index contributed by atoms with van der Waals surface area (Å²) in [5.41, 5.74) is 0. The lowest BCUT2D eigenvalue weighted by atomic mass is 10.4. The number of aromatic nitrogens is 2. The average molecular weight is 219 g/mol. The number of nitrogens with one attached hydrogen (secondary N) is 2. The minimum atomic E-state index is 0.197. The van der Waals surface area contributed by atoms with Gasteiger partial charge in [0.05, 0.1) is 6.10 Å². The number of rotatable bonds is 5. The zero-order chi connectivity index (χ0) is 9.68. The van der Waals surface area contributed by atoms with Crippen LogP contribution in [-0.4, -0.2) is 29.5 Å². The Kier molecular flexibility index (Phi) is 4.34. The third-order valence-electron chi connectivity index (χ3n) is 1.43. The maximum Gasteiger partial charge on any atom is 0.204 e. The number of aromatic amines is 1. The van der Waals surface area contributed by atoms with Crippen molar-refractivity contribution in [3.63, 3.8) is 0 Å². The fraction of sp³-hybridized carbons (Fsp3) is 0.714. The van der Waals surface area contributed by atoms with E-state index >= 15 is 0 Å². The molecule has 4 nitrogen and oxygen atoms in total. The highest BCUT2D eigenvalue weighted by Gasteiger charge is 2.01. The molecule has 13 heavy (non-hydrogen) atoms. The molecule has 1 aromatic rings. The van der Waals surface area contributed by atoms with E-state index in [4.69, 9.17) is 17.0 Å². The van der Waals surface area contributed by atoms with Crippen LogP contribution in [-0.2, 0) is 4.74 Å². The third-order valence-corrected chi connectivity index (χ3v) is 2.48. The SMILES string of the molecule is CCOC(C)CNc1n[nH]c(=S)s1. The quantitative estimate of drug-likeness (QED) is 0.744. The van der Waals surface area contributed by atoms with E-state index in [-0.39, 0.29) is 6.10 Å². The molecule has 0 aliphatic rings.